The summed E-state index contributed by atoms with van der Waals surface area (Å²) in [5.41, 5.74) is 1.91. The minimum Gasteiger partial charge on any atom is -0.493 e. The van der Waals surface area contributed by atoms with Crippen LogP contribution in [0.1, 0.15) is 25.3 Å². The molecule has 3 heterocycles. The summed E-state index contributed by atoms with van der Waals surface area (Å²) in [6, 6.07) is 9.24. The van der Waals surface area contributed by atoms with Crippen LogP contribution >= 0.6 is 0 Å². The zero-order valence-corrected chi connectivity index (χ0v) is 19.2. The minimum absolute atomic E-state index is 0.0529. The van der Waals surface area contributed by atoms with Gasteiger partial charge in [-0.3, -0.25) is 14.2 Å². The maximum absolute atomic E-state index is 13.1. The zero-order chi connectivity index (χ0) is 23.4. The predicted molar refractivity (Wildman–Crippen MR) is 126 cm³/mol. The second-order valence-electron chi connectivity index (χ2n) is 7.99. The molecule has 33 heavy (non-hydrogen) atoms. The third-order valence-corrected chi connectivity index (χ3v) is 6.03. The van der Waals surface area contributed by atoms with Gasteiger partial charge in [-0.1, -0.05) is 12.1 Å². The summed E-state index contributed by atoms with van der Waals surface area (Å²) in [6.45, 7) is 3.88. The van der Waals surface area contributed by atoms with E-state index in [4.69, 9.17) is 9.47 Å². The number of hydrogen-bond donors (Lipinski definition) is 1. The van der Waals surface area contributed by atoms with Gasteiger partial charge in [-0.15, -0.1) is 0 Å². The molecule has 0 radical (unpaired) electrons. The number of methoxy groups -OCH3 is 2. The van der Waals surface area contributed by atoms with Gasteiger partial charge < -0.3 is 19.7 Å². The molecule has 4 rings (SSSR count). The number of para-hydroxylation sites is 1. The summed E-state index contributed by atoms with van der Waals surface area (Å²) < 4.78 is 12.4. The molecule has 0 unspecified atom stereocenters. The van der Waals surface area contributed by atoms with Gasteiger partial charge in [0.15, 0.2) is 23.0 Å². The van der Waals surface area contributed by atoms with Crippen LogP contribution in [-0.4, -0.2) is 47.8 Å². The van der Waals surface area contributed by atoms with Gasteiger partial charge in [0, 0.05) is 37.9 Å². The molecular formula is C24H29N5O4. The number of amides is 1. The Morgan fingerprint density at radius 1 is 1.21 bits per heavy atom. The van der Waals surface area contributed by atoms with E-state index in [2.05, 4.69) is 15.3 Å². The van der Waals surface area contributed by atoms with Gasteiger partial charge in [0.1, 0.15) is 5.52 Å². The number of aryl methyl sites for hydroxylation is 1. The van der Waals surface area contributed by atoms with Gasteiger partial charge in [0.05, 0.1) is 20.1 Å². The first kappa shape index (κ1) is 22.6. The van der Waals surface area contributed by atoms with Crippen molar-refractivity contribution in [3.63, 3.8) is 0 Å². The van der Waals surface area contributed by atoms with Crippen LogP contribution in [0.4, 0.5) is 5.82 Å². The van der Waals surface area contributed by atoms with Crippen molar-refractivity contribution in [1.29, 1.82) is 0 Å². The van der Waals surface area contributed by atoms with E-state index < -0.39 is 0 Å². The van der Waals surface area contributed by atoms with Gasteiger partial charge in [-0.25, -0.2) is 9.97 Å². The monoisotopic (exact) mass is 451 g/mol. The van der Waals surface area contributed by atoms with E-state index in [9.17, 15) is 9.59 Å². The van der Waals surface area contributed by atoms with Crippen LogP contribution in [-0.2, 0) is 17.9 Å². The molecule has 0 spiro atoms. The third-order valence-electron chi connectivity index (χ3n) is 6.03. The molecule has 1 aromatic carbocycles. The Balaban J connectivity index is 1.51. The van der Waals surface area contributed by atoms with Crippen LogP contribution in [0.3, 0.4) is 0 Å². The van der Waals surface area contributed by atoms with Gasteiger partial charge in [-0.2, -0.15) is 0 Å². The Morgan fingerprint density at radius 2 is 2.06 bits per heavy atom. The number of piperidine rings is 1. The van der Waals surface area contributed by atoms with Crippen molar-refractivity contribution in [2.75, 3.05) is 32.2 Å². The van der Waals surface area contributed by atoms with Gasteiger partial charge in [0.25, 0.3) is 5.56 Å². The average Bonchev–Trinajstić information content (AvgIpc) is 2.86. The van der Waals surface area contributed by atoms with Crippen molar-refractivity contribution < 1.29 is 14.3 Å². The number of anilines is 1. The average molecular weight is 452 g/mol. The molecule has 9 nitrogen and oxygen atoms in total. The second kappa shape index (κ2) is 9.89. The van der Waals surface area contributed by atoms with E-state index in [-0.39, 0.29) is 17.4 Å². The Bertz CT molecular complexity index is 1210. The Hall–Kier alpha value is -3.62. The lowest BCUT2D eigenvalue weighted by Crippen LogP contribution is -2.45. The Morgan fingerprint density at radius 3 is 2.82 bits per heavy atom. The molecule has 0 aliphatic carbocycles. The summed E-state index contributed by atoms with van der Waals surface area (Å²) in [5.74, 6) is 1.32. The van der Waals surface area contributed by atoms with E-state index >= 15 is 0 Å². The highest BCUT2D eigenvalue weighted by molar-refractivity contribution is 5.80. The standard InChI is InChI=1S/C24H29N5O4/c1-4-29-21-18(10-6-12-25-21)27-22(24(29)31)28-13-7-9-17(15-28)23(30)26-14-16-8-5-11-19(32-2)20(16)33-3/h5-6,8,10-12,17H,4,7,9,13-15H2,1-3H3,(H,26,30)/t17-/m0/s1. The molecule has 1 aliphatic heterocycles. The number of carbonyl (C=O) groups is 1. The fourth-order valence-corrected chi connectivity index (χ4v) is 4.36. The first-order valence-corrected chi connectivity index (χ1v) is 11.2. The molecule has 1 N–H and O–H groups in total. The molecule has 0 saturated carbocycles. The highest BCUT2D eigenvalue weighted by Crippen LogP contribution is 2.30. The molecule has 1 aliphatic rings. The molecule has 1 saturated heterocycles. The molecule has 1 atom stereocenters. The van der Waals surface area contributed by atoms with Crippen molar-refractivity contribution in [3.8, 4) is 11.5 Å². The summed E-state index contributed by atoms with van der Waals surface area (Å²) in [7, 11) is 3.16. The maximum atomic E-state index is 13.1. The maximum Gasteiger partial charge on any atom is 0.295 e. The van der Waals surface area contributed by atoms with Crippen molar-refractivity contribution in [3.05, 3.63) is 52.4 Å². The molecule has 3 aromatic rings. The quantitative estimate of drug-likeness (QED) is 0.589. The first-order valence-electron chi connectivity index (χ1n) is 11.2. The van der Waals surface area contributed by atoms with E-state index in [0.29, 0.717) is 54.7 Å². The smallest absolute Gasteiger partial charge is 0.295 e. The van der Waals surface area contributed by atoms with Crippen LogP contribution in [0.2, 0.25) is 0 Å². The van der Waals surface area contributed by atoms with E-state index in [0.717, 1.165) is 18.4 Å². The number of pyridine rings is 1. The van der Waals surface area contributed by atoms with E-state index in [1.54, 1.807) is 25.0 Å². The number of carbonyl (C=O) groups excluding carboxylic acids is 1. The number of rotatable bonds is 7. The molecule has 0 bridgehead atoms. The molecule has 9 heteroatoms. The van der Waals surface area contributed by atoms with Crippen LogP contribution in [0.25, 0.3) is 11.2 Å². The van der Waals surface area contributed by atoms with E-state index in [1.807, 2.05) is 42.2 Å². The third kappa shape index (κ3) is 4.48. The number of hydrogen-bond acceptors (Lipinski definition) is 7. The number of aromatic nitrogens is 3. The lowest BCUT2D eigenvalue weighted by Gasteiger charge is -2.32. The van der Waals surface area contributed by atoms with Crippen LogP contribution < -0.4 is 25.2 Å². The van der Waals surface area contributed by atoms with Crippen molar-refractivity contribution in [2.45, 2.75) is 32.9 Å². The summed E-state index contributed by atoms with van der Waals surface area (Å²) >= 11 is 0. The SMILES string of the molecule is CCn1c(=O)c(N2CCC[C@H](C(=O)NCc3cccc(OC)c3OC)C2)nc2cccnc21. The molecule has 2 aromatic heterocycles. The number of benzene rings is 1. The van der Waals surface area contributed by atoms with Crippen molar-refractivity contribution in [1.82, 2.24) is 19.9 Å². The van der Waals surface area contributed by atoms with Crippen LogP contribution in [0.15, 0.2) is 41.3 Å². The first-order chi connectivity index (χ1) is 16.1. The van der Waals surface area contributed by atoms with Gasteiger partial charge in [-0.05, 0) is 38.0 Å². The largest absolute Gasteiger partial charge is 0.493 e. The predicted octanol–water partition coefficient (Wildman–Crippen LogP) is 2.36. The fourth-order valence-electron chi connectivity index (χ4n) is 4.36. The summed E-state index contributed by atoms with van der Waals surface area (Å²) in [5, 5.41) is 3.02. The molecule has 1 amide bonds. The van der Waals surface area contributed by atoms with E-state index in [1.165, 1.54) is 0 Å². The Labute approximate surface area is 192 Å². The summed E-state index contributed by atoms with van der Waals surface area (Å²) in [4.78, 5) is 37.0. The highest BCUT2D eigenvalue weighted by Gasteiger charge is 2.28. The number of fused-ring (bicyclic) bond motifs is 1. The lowest BCUT2D eigenvalue weighted by molar-refractivity contribution is -0.125. The number of ether oxygens (including phenoxy) is 2. The normalized spacial score (nSPS) is 16.0. The molecule has 174 valence electrons. The summed E-state index contributed by atoms with van der Waals surface area (Å²) in [6.07, 6.45) is 3.22. The van der Waals surface area contributed by atoms with Gasteiger partial charge in [0.2, 0.25) is 5.91 Å². The van der Waals surface area contributed by atoms with Crippen LogP contribution in [0.5, 0.6) is 11.5 Å². The Kier molecular flexibility index (Phi) is 6.76. The number of nitrogens with zero attached hydrogens (tertiary/aromatic N) is 4. The van der Waals surface area contributed by atoms with Crippen molar-refractivity contribution >= 4 is 22.9 Å². The van der Waals surface area contributed by atoms with Gasteiger partial charge >= 0.3 is 0 Å². The molecular weight excluding hydrogens is 422 g/mol. The number of nitrogens with one attached hydrogen (secondary N) is 1. The zero-order valence-electron chi connectivity index (χ0n) is 19.2. The highest BCUT2D eigenvalue weighted by atomic mass is 16.5. The molecule has 1 fully saturated rings. The van der Waals surface area contributed by atoms with Crippen molar-refractivity contribution in [2.24, 2.45) is 5.92 Å². The topological polar surface area (TPSA) is 98.6 Å². The minimum atomic E-state index is -0.240. The second-order valence-corrected chi connectivity index (χ2v) is 7.99. The van der Waals surface area contributed by atoms with Crippen LogP contribution in [0, 0.1) is 5.92 Å². The fraction of sp³-hybridized carbons (Fsp3) is 0.417. The lowest BCUT2D eigenvalue weighted by atomic mass is 9.97.